The maximum absolute atomic E-state index is 12.3. The summed E-state index contributed by atoms with van der Waals surface area (Å²) in [6, 6.07) is 0. The molecular formula is C40H61O10P. The Hall–Kier alpha value is -3.37. The summed E-state index contributed by atoms with van der Waals surface area (Å²) >= 11 is 0. The Morgan fingerprint density at radius 2 is 0.863 bits per heavy atom. The highest BCUT2D eigenvalue weighted by atomic mass is 31.2. The number of esters is 2. The standard InChI is InChI=1S/C40H61O10P/c1-3-5-7-9-11-13-15-17-18-20-22-24-26-28-30-32-40(44)50-38(34-42)36-48-51(45,46)47-35-37(33-41)49-39(43)31-29-27-25-23-21-19-16-14-12-10-8-6-4-2/h5-8,11-14,17-19,21-22,24-25,27-28,30,37-38,41-42H,3-4,9-10,15-16,20,23,26,29,31-36H2,1-2H3,(H,45,46)/b7-5-,8-6-,13-11-,14-12-,18-17-,21-19-,24-22-,27-25-,30-28-. The Bertz CT molecular complexity index is 1210. The van der Waals surface area contributed by atoms with E-state index in [1.807, 2.05) is 36.5 Å². The van der Waals surface area contributed by atoms with E-state index in [1.165, 1.54) is 0 Å². The van der Waals surface area contributed by atoms with E-state index in [1.54, 1.807) is 6.08 Å². The maximum atomic E-state index is 12.3. The van der Waals surface area contributed by atoms with E-state index < -0.39 is 58.4 Å². The van der Waals surface area contributed by atoms with Gasteiger partial charge in [-0.3, -0.25) is 18.6 Å². The molecule has 10 nitrogen and oxygen atoms in total. The van der Waals surface area contributed by atoms with Crippen molar-refractivity contribution in [3.05, 3.63) is 109 Å². The van der Waals surface area contributed by atoms with Gasteiger partial charge in [0.05, 0.1) is 32.8 Å². The smallest absolute Gasteiger partial charge is 0.457 e. The van der Waals surface area contributed by atoms with Gasteiger partial charge in [0.1, 0.15) is 12.2 Å². The van der Waals surface area contributed by atoms with E-state index >= 15 is 0 Å². The summed E-state index contributed by atoms with van der Waals surface area (Å²) in [6.07, 6.45) is 42.6. The van der Waals surface area contributed by atoms with Crippen LogP contribution in [0.3, 0.4) is 0 Å². The lowest BCUT2D eigenvalue weighted by Gasteiger charge is -2.20. The fraction of sp³-hybridized carbons (Fsp3) is 0.500. The molecule has 0 aromatic carbocycles. The lowest BCUT2D eigenvalue weighted by molar-refractivity contribution is -0.153. The zero-order valence-corrected chi connectivity index (χ0v) is 31.4. The van der Waals surface area contributed by atoms with Crippen LogP contribution in [-0.2, 0) is 32.7 Å². The van der Waals surface area contributed by atoms with Crippen molar-refractivity contribution < 1.29 is 47.8 Å². The Morgan fingerprint density at radius 3 is 1.24 bits per heavy atom. The first-order valence-corrected chi connectivity index (χ1v) is 19.3. The molecule has 0 spiro atoms. The Labute approximate surface area is 305 Å². The largest absolute Gasteiger partial charge is 0.472 e. The highest BCUT2D eigenvalue weighted by Gasteiger charge is 2.27. The number of aliphatic hydroxyl groups is 2. The molecular weight excluding hydrogens is 671 g/mol. The average molecular weight is 733 g/mol. The summed E-state index contributed by atoms with van der Waals surface area (Å²) < 4.78 is 32.2. The van der Waals surface area contributed by atoms with Gasteiger partial charge in [0.15, 0.2) is 0 Å². The quantitative estimate of drug-likeness (QED) is 0.0359. The molecule has 3 N–H and O–H groups in total. The third kappa shape index (κ3) is 33.5. The minimum atomic E-state index is -4.68. The van der Waals surface area contributed by atoms with Gasteiger partial charge >= 0.3 is 19.8 Å². The molecule has 51 heavy (non-hydrogen) atoms. The molecule has 11 heteroatoms. The fourth-order valence-electron chi connectivity index (χ4n) is 3.85. The van der Waals surface area contributed by atoms with Crippen molar-refractivity contribution in [2.24, 2.45) is 0 Å². The number of rotatable bonds is 31. The monoisotopic (exact) mass is 732 g/mol. The van der Waals surface area contributed by atoms with E-state index in [2.05, 4.69) is 80.7 Å². The van der Waals surface area contributed by atoms with Gasteiger partial charge in [0, 0.05) is 6.42 Å². The summed E-state index contributed by atoms with van der Waals surface area (Å²) in [5.74, 6) is -1.25. The van der Waals surface area contributed by atoms with Gasteiger partial charge in [0.2, 0.25) is 0 Å². The van der Waals surface area contributed by atoms with Crippen LogP contribution < -0.4 is 0 Å². The molecule has 0 aromatic rings. The van der Waals surface area contributed by atoms with Gasteiger partial charge in [-0.25, -0.2) is 4.57 Å². The third-order valence-electron chi connectivity index (χ3n) is 6.53. The highest BCUT2D eigenvalue weighted by molar-refractivity contribution is 7.47. The topological polar surface area (TPSA) is 149 Å². The Morgan fingerprint density at radius 1 is 0.529 bits per heavy atom. The first-order valence-electron chi connectivity index (χ1n) is 17.8. The summed E-state index contributed by atoms with van der Waals surface area (Å²) in [5.41, 5.74) is 0. The number of allylic oxidation sites excluding steroid dienone is 17. The van der Waals surface area contributed by atoms with E-state index in [9.17, 15) is 29.3 Å². The molecule has 0 aliphatic carbocycles. The highest BCUT2D eigenvalue weighted by Crippen LogP contribution is 2.43. The predicted molar refractivity (Wildman–Crippen MR) is 205 cm³/mol. The molecule has 0 heterocycles. The molecule has 0 rings (SSSR count). The zero-order valence-electron chi connectivity index (χ0n) is 30.5. The lowest BCUT2D eigenvalue weighted by Crippen LogP contribution is -2.28. The van der Waals surface area contributed by atoms with Crippen molar-refractivity contribution in [2.45, 2.75) is 103 Å². The number of hydrogen-bond acceptors (Lipinski definition) is 9. The predicted octanol–water partition coefficient (Wildman–Crippen LogP) is 8.66. The number of ether oxygens (including phenoxy) is 2. The molecule has 0 aromatic heterocycles. The molecule has 0 bridgehead atoms. The van der Waals surface area contributed by atoms with Crippen molar-refractivity contribution in [2.75, 3.05) is 26.4 Å². The number of carbonyl (C=O) groups is 2. The summed E-state index contributed by atoms with van der Waals surface area (Å²) in [6.45, 7) is 1.72. The minimum Gasteiger partial charge on any atom is -0.457 e. The van der Waals surface area contributed by atoms with Crippen molar-refractivity contribution >= 4 is 19.8 Å². The van der Waals surface area contributed by atoms with Gasteiger partial charge in [-0.2, -0.15) is 0 Å². The van der Waals surface area contributed by atoms with Crippen molar-refractivity contribution in [1.82, 2.24) is 0 Å². The van der Waals surface area contributed by atoms with Gasteiger partial charge in [0.25, 0.3) is 0 Å². The summed E-state index contributed by atoms with van der Waals surface area (Å²) in [7, 11) is -4.68. The molecule has 0 aliphatic rings. The number of phosphoric ester groups is 1. The van der Waals surface area contributed by atoms with Crippen molar-refractivity contribution in [3.8, 4) is 0 Å². The minimum absolute atomic E-state index is 0.0524. The van der Waals surface area contributed by atoms with Crippen LogP contribution in [0.25, 0.3) is 0 Å². The second-order valence-electron chi connectivity index (χ2n) is 11.1. The lowest BCUT2D eigenvalue weighted by atomic mass is 10.2. The summed E-state index contributed by atoms with van der Waals surface area (Å²) in [4.78, 5) is 34.2. The number of phosphoric acid groups is 1. The van der Waals surface area contributed by atoms with E-state index in [0.717, 1.165) is 51.4 Å². The van der Waals surface area contributed by atoms with E-state index in [0.29, 0.717) is 12.8 Å². The van der Waals surface area contributed by atoms with Crippen LogP contribution in [0.1, 0.15) is 90.9 Å². The van der Waals surface area contributed by atoms with Crippen LogP contribution in [-0.4, -0.2) is 65.7 Å². The molecule has 0 fully saturated rings. The first kappa shape index (κ1) is 47.6. The van der Waals surface area contributed by atoms with E-state index in [4.69, 9.17) is 18.5 Å². The van der Waals surface area contributed by atoms with Crippen LogP contribution in [0.5, 0.6) is 0 Å². The fourth-order valence-corrected chi connectivity index (χ4v) is 4.63. The van der Waals surface area contributed by atoms with Crippen molar-refractivity contribution in [3.63, 3.8) is 0 Å². The van der Waals surface area contributed by atoms with Crippen LogP contribution in [0.2, 0.25) is 0 Å². The molecule has 286 valence electrons. The molecule has 3 atom stereocenters. The Kier molecular flexibility index (Phi) is 32.7. The first-order chi connectivity index (χ1) is 24.8. The number of carbonyl (C=O) groups excluding carboxylic acids is 2. The summed E-state index contributed by atoms with van der Waals surface area (Å²) in [5, 5.41) is 19.0. The van der Waals surface area contributed by atoms with Gasteiger partial charge < -0.3 is 24.6 Å². The number of hydrogen-bond donors (Lipinski definition) is 3. The second-order valence-corrected chi connectivity index (χ2v) is 12.6. The molecule has 0 amide bonds. The van der Waals surface area contributed by atoms with Crippen LogP contribution in [0.15, 0.2) is 109 Å². The van der Waals surface area contributed by atoms with Crippen LogP contribution in [0, 0.1) is 0 Å². The molecule has 0 aliphatic heterocycles. The third-order valence-corrected chi connectivity index (χ3v) is 7.48. The maximum Gasteiger partial charge on any atom is 0.472 e. The second kappa shape index (κ2) is 35.1. The van der Waals surface area contributed by atoms with Gasteiger partial charge in [-0.1, -0.05) is 123 Å². The van der Waals surface area contributed by atoms with E-state index in [-0.39, 0.29) is 12.8 Å². The molecule has 0 saturated heterocycles. The van der Waals surface area contributed by atoms with Crippen molar-refractivity contribution in [1.29, 1.82) is 0 Å². The van der Waals surface area contributed by atoms with Gasteiger partial charge in [-0.05, 0) is 64.2 Å². The normalized spacial score (nSPS) is 15.3. The zero-order chi connectivity index (χ0) is 37.7. The molecule has 0 saturated carbocycles. The molecule has 3 unspecified atom stereocenters. The average Bonchev–Trinajstić information content (AvgIpc) is 3.12. The SMILES string of the molecule is CC/C=C\C/C=C\C/C=C\C/C=C\C/C=C\CC(=O)OC(CO)COP(=O)(O)OCC(CO)OC(=O)CC/C=C\C/C=C\C/C=C\C/C=C\CC. The number of aliphatic hydroxyl groups excluding tert-OH is 2. The van der Waals surface area contributed by atoms with Crippen LogP contribution in [0.4, 0.5) is 0 Å². The molecule has 0 radical (unpaired) electrons. The van der Waals surface area contributed by atoms with Gasteiger partial charge in [-0.15, -0.1) is 0 Å². The Balaban J connectivity index is 4.25. The van der Waals surface area contributed by atoms with Crippen LogP contribution >= 0.6 is 7.82 Å².